The lowest BCUT2D eigenvalue weighted by Gasteiger charge is -1.88. The molecule has 3 nitrogen and oxygen atoms in total. The van der Waals surface area contributed by atoms with E-state index in [1.807, 2.05) is 0 Å². The molecule has 0 fully saturated rings. The Hall–Kier alpha value is -0.540. The third kappa shape index (κ3) is 2.19. The predicted molar refractivity (Wildman–Crippen MR) is 23.4 cm³/mol. The van der Waals surface area contributed by atoms with Crippen LogP contribution in [0.2, 0.25) is 0 Å². The van der Waals surface area contributed by atoms with Crippen LogP contribution in [-0.2, 0) is 5.11 Å². The molecule has 0 amide bonds. The first-order valence-corrected chi connectivity index (χ1v) is 1.86. The highest BCUT2D eigenvalue weighted by Crippen LogP contribution is 1.85. The third-order valence-corrected chi connectivity index (χ3v) is 0.571. The van der Waals surface area contributed by atoms with Gasteiger partial charge in [0.1, 0.15) is 6.61 Å². The van der Waals surface area contributed by atoms with Crippen LogP contribution in [0.5, 0.6) is 0 Å². The Morgan fingerprint density at radius 3 is 2.29 bits per heavy atom. The summed E-state index contributed by atoms with van der Waals surface area (Å²) in [7, 11) is 0. The van der Waals surface area contributed by atoms with Crippen molar-refractivity contribution in [2.75, 3.05) is 13.2 Å². The molecule has 0 aliphatic heterocycles. The van der Waals surface area contributed by atoms with Gasteiger partial charge in [0.2, 0.25) is 0 Å². The minimum Gasteiger partial charge on any atom is -0.515 e. The van der Waals surface area contributed by atoms with E-state index in [1.165, 1.54) is 0 Å². The molecule has 0 spiro atoms. The van der Waals surface area contributed by atoms with Crippen LogP contribution in [0.15, 0.2) is 11.8 Å². The van der Waals surface area contributed by atoms with E-state index in [4.69, 9.17) is 10.2 Å². The molecule has 2 N–H and O–H groups in total. The molecule has 0 atom stereocenters. The second-order valence-electron chi connectivity index (χ2n) is 1.09. The summed E-state index contributed by atoms with van der Waals surface area (Å²) in [4.78, 5) is 0. The van der Waals surface area contributed by atoms with Crippen molar-refractivity contribution in [1.82, 2.24) is 0 Å². The van der Waals surface area contributed by atoms with Crippen LogP contribution < -0.4 is 0 Å². The van der Waals surface area contributed by atoms with Gasteiger partial charge in [-0.05, 0) is 0 Å². The number of aliphatic hydroxyl groups is 2. The van der Waals surface area contributed by atoms with E-state index in [0.29, 0.717) is 6.26 Å². The van der Waals surface area contributed by atoms with E-state index in [1.54, 1.807) is 0 Å². The van der Waals surface area contributed by atoms with Gasteiger partial charge in [0, 0.05) is 5.57 Å². The molecule has 1 radical (unpaired) electrons. The SMILES string of the molecule is [O]C/C(=C/O)CO. The van der Waals surface area contributed by atoms with Crippen molar-refractivity contribution >= 4 is 0 Å². The molecule has 0 rings (SSSR count). The smallest absolute Gasteiger partial charge is 0.109 e. The van der Waals surface area contributed by atoms with Crippen molar-refractivity contribution in [3.05, 3.63) is 11.8 Å². The van der Waals surface area contributed by atoms with Crippen LogP contribution in [0.25, 0.3) is 0 Å². The Labute approximate surface area is 41.5 Å². The molecule has 0 unspecified atom stereocenters. The minimum atomic E-state index is -0.535. The Bertz CT molecular complexity index is 61.3. The highest BCUT2D eigenvalue weighted by molar-refractivity contribution is 4.95. The summed E-state index contributed by atoms with van der Waals surface area (Å²) >= 11 is 0. The maximum atomic E-state index is 9.70. The van der Waals surface area contributed by atoms with Crippen LogP contribution >= 0.6 is 0 Å². The van der Waals surface area contributed by atoms with Gasteiger partial charge in [-0.15, -0.1) is 0 Å². The topological polar surface area (TPSA) is 60.4 Å². The zero-order valence-electron chi connectivity index (χ0n) is 3.79. The fourth-order valence-corrected chi connectivity index (χ4v) is 0.124. The summed E-state index contributed by atoms with van der Waals surface area (Å²) < 4.78 is 0. The normalized spacial score (nSPS) is 12.0. The van der Waals surface area contributed by atoms with Gasteiger partial charge < -0.3 is 10.2 Å². The zero-order chi connectivity index (χ0) is 5.70. The van der Waals surface area contributed by atoms with Gasteiger partial charge in [0.05, 0.1) is 12.9 Å². The van der Waals surface area contributed by atoms with Crippen LogP contribution in [0.1, 0.15) is 0 Å². The lowest BCUT2D eigenvalue weighted by Crippen LogP contribution is -1.93. The van der Waals surface area contributed by atoms with Crippen molar-refractivity contribution < 1.29 is 15.3 Å². The maximum Gasteiger partial charge on any atom is 0.109 e. The summed E-state index contributed by atoms with van der Waals surface area (Å²) in [6, 6.07) is 0. The van der Waals surface area contributed by atoms with Crippen molar-refractivity contribution in [2.45, 2.75) is 0 Å². The van der Waals surface area contributed by atoms with E-state index < -0.39 is 6.61 Å². The molecule has 0 aromatic heterocycles. The summed E-state index contributed by atoms with van der Waals surface area (Å²) in [5.74, 6) is 0. The minimum absolute atomic E-state index is 0.111. The number of rotatable bonds is 2. The van der Waals surface area contributed by atoms with E-state index in [0.717, 1.165) is 0 Å². The average Bonchev–Trinajstić information content (AvgIpc) is 1.72. The predicted octanol–water partition coefficient (Wildman–Crippen LogP) is -0.149. The zero-order valence-corrected chi connectivity index (χ0v) is 3.79. The Morgan fingerprint density at radius 1 is 1.71 bits per heavy atom. The lowest BCUT2D eigenvalue weighted by atomic mass is 10.3. The van der Waals surface area contributed by atoms with Gasteiger partial charge in [-0.3, -0.25) is 0 Å². The van der Waals surface area contributed by atoms with Crippen molar-refractivity contribution in [3.63, 3.8) is 0 Å². The van der Waals surface area contributed by atoms with E-state index in [9.17, 15) is 5.11 Å². The Kier molecular flexibility index (Phi) is 3.36. The summed E-state index contributed by atoms with van der Waals surface area (Å²) in [6.07, 6.45) is 0.632. The summed E-state index contributed by atoms with van der Waals surface area (Å²) in [6.45, 7) is -0.882. The largest absolute Gasteiger partial charge is 0.515 e. The van der Waals surface area contributed by atoms with Crippen LogP contribution in [0, 0.1) is 0 Å². The van der Waals surface area contributed by atoms with Crippen molar-refractivity contribution in [1.29, 1.82) is 0 Å². The molecule has 0 saturated heterocycles. The summed E-state index contributed by atoms with van der Waals surface area (Å²) in [5, 5.41) is 25.8. The number of hydrogen-bond acceptors (Lipinski definition) is 2. The van der Waals surface area contributed by atoms with Gasteiger partial charge >= 0.3 is 0 Å². The first kappa shape index (κ1) is 6.46. The molecular formula is C4H7O3. The second kappa shape index (κ2) is 3.64. The van der Waals surface area contributed by atoms with E-state index in [-0.39, 0.29) is 12.2 Å². The van der Waals surface area contributed by atoms with E-state index >= 15 is 0 Å². The fourth-order valence-electron chi connectivity index (χ4n) is 0.124. The van der Waals surface area contributed by atoms with Gasteiger partial charge in [-0.2, -0.15) is 0 Å². The monoisotopic (exact) mass is 103 g/mol. The molecule has 3 heteroatoms. The first-order valence-electron chi connectivity index (χ1n) is 1.86. The van der Waals surface area contributed by atoms with Crippen molar-refractivity contribution in [2.24, 2.45) is 0 Å². The molecule has 0 saturated carbocycles. The van der Waals surface area contributed by atoms with Gasteiger partial charge in [0.15, 0.2) is 0 Å². The summed E-state index contributed by atoms with van der Waals surface area (Å²) in [5.41, 5.74) is 0.111. The fraction of sp³-hybridized carbons (Fsp3) is 0.500. The molecule has 0 bridgehead atoms. The quantitative estimate of drug-likeness (QED) is 0.477. The van der Waals surface area contributed by atoms with E-state index in [2.05, 4.69) is 0 Å². The molecule has 7 heavy (non-hydrogen) atoms. The van der Waals surface area contributed by atoms with Crippen LogP contribution in [-0.4, -0.2) is 23.4 Å². The molecule has 0 aliphatic carbocycles. The number of aliphatic hydroxyl groups excluding tert-OH is 2. The Balaban J connectivity index is 3.38. The molecular weight excluding hydrogens is 96.0 g/mol. The van der Waals surface area contributed by atoms with Gasteiger partial charge in [-0.1, -0.05) is 0 Å². The third-order valence-electron chi connectivity index (χ3n) is 0.571. The maximum absolute atomic E-state index is 9.70. The van der Waals surface area contributed by atoms with Crippen molar-refractivity contribution in [3.8, 4) is 0 Å². The first-order chi connectivity index (χ1) is 3.35. The molecule has 0 heterocycles. The highest BCUT2D eigenvalue weighted by Gasteiger charge is 1.88. The molecule has 0 aromatic carbocycles. The van der Waals surface area contributed by atoms with Crippen LogP contribution in [0.4, 0.5) is 0 Å². The van der Waals surface area contributed by atoms with Crippen LogP contribution in [0.3, 0.4) is 0 Å². The standard InChI is InChI=1S/C4H7O3/c5-1-4(2-6)3-7/h1,5-6H,2-3H2/b4-1+. The Morgan fingerprint density at radius 2 is 2.29 bits per heavy atom. The van der Waals surface area contributed by atoms with Gasteiger partial charge in [-0.25, -0.2) is 5.11 Å². The molecule has 0 aliphatic rings. The average molecular weight is 103 g/mol. The molecule has 0 aromatic rings. The lowest BCUT2D eigenvalue weighted by molar-refractivity contribution is 0.199. The second-order valence-corrected chi connectivity index (χ2v) is 1.09. The highest BCUT2D eigenvalue weighted by atomic mass is 16.3. The number of hydrogen-bond donors (Lipinski definition) is 2. The van der Waals surface area contributed by atoms with Gasteiger partial charge in [0.25, 0.3) is 0 Å². The molecule has 41 valence electrons.